The average molecular weight is 512 g/mol. The maximum atomic E-state index is 9.27. The van der Waals surface area contributed by atoms with E-state index in [2.05, 4.69) is 52.6 Å². The van der Waals surface area contributed by atoms with E-state index in [1.54, 1.807) is 0 Å². The van der Waals surface area contributed by atoms with Crippen LogP contribution in [-0.4, -0.2) is 49.4 Å². The third kappa shape index (κ3) is 44.9. The monoisotopic (exact) mass is 516 g/mol. The molecule has 0 aromatic carbocycles. The van der Waals surface area contributed by atoms with Crippen LogP contribution in [0.2, 0.25) is 0 Å². The molecule has 0 aromatic rings. The quantitative estimate of drug-likeness (QED) is 0.227. The Kier molecular flexibility index (Phi) is 44.4. The molecule has 0 radical (unpaired) electrons. The van der Waals surface area contributed by atoms with Crippen LogP contribution in [0.3, 0.4) is 0 Å². The van der Waals surface area contributed by atoms with Crippen LogP contribution in [0.5, 0.6) is 0 Å². The summed E-state index contributed by atoms with van der Waals surface area (Å²) in [5.41, 5.74) is 0. The van der Waals surface area contributed by atoms with Crippen LogP contribution in [0.15, 0.2) is 0 Å². The zero-order valence-electron chi connectivity index (χ0n) is 10.1. The molecule has 0 aliphatic rings. The molecule has 0 bridgehead atoms. The summed E-state index contributed by atoms with van der Waals surface area (Å²) < 4.78 is 32.4. The fourth-order valence-electron chi connectivity index (χ4n) is 0.451. The smallest absolute Gasteiger partial charge is 0.0247 e. The van der Waals surface area contributed by atoms with E-state index in [9.17, 15) is 6.80 Å². The van der Waals surface area contributed by atoms with Crippen LogP contribution in [0, 0.1) is 0 Å². The van der Waals surface area contributed by atoms with Crippen molar-refractivity contribution >= 4 is 50.5 Å². The van der Waals surface area contributed by atoms with E-state index in [1.165, 1.54) is 0 Å². The Balaban J connectivity index is -0.000000206. The fourth-order valence-corrected chi connectivity index (χ4v) is 1.31. The molecule has 0 aromatic heterocycles. The van der Waals surface area contributed by atoms with Gasteiger partial charge in [-0.1, -0.05) is 0 Å². The summed E-state index contributed by atoms with van der Waals surface area (Å²) >= 11 is 15.4. The fraction of sp³-hybridized carbons (Fsp3) is 1.00. The van der Waals surface area contributed by atoms with Gasteiger partial charge in [0.15, 0.2) is 0 Å². The van der Waals surface area contributed by atoms with Gasteiger partial charge in [0.05, 0.1) is 0 Å². The molecular formula is C8H16Mo2O5S4-4. The van der Waals surface area contributed by atoms with Crippen LogP contribution in [0.25, 0.3) is 0 Å². The molecule has 0 saturated carbocycles. The average Bonchev–Trinajstić information content (AvgIpc) is 2.42. The number of hydrogen-bond acceptors (Lipinski definition) is 9. The van der Waals surface area contributed by atoms with Gasteiger partial charge in [0.1, 0.15) is 0 Å². The SMILES string of the molecule is [O]=[Mo][O][Mo]=[O].[S-]CCOCC[S-].[S-]CCOCC[S-]. The summed E-state index contributed by atoms with van der Waals surface area (Å²) in [4.78, 5) is 0. The summed E-state index contributed by atoms with van der Waals surface area (Å²) in [6, 6.07) is 0. The minimum atomic E-state index is -1.53. The first-order valence-corrected chi connectivity index (χ1v) is 10.6. The topological polar surface area (TPSA) is 61.8 Å². The van der Waals surface area contributed by atoms with Crippen molar-refractivity contribution in [1.29, 1.82) is 0 Å². The normalized spacial score (nSPS) is 8.63. The molecule has 0 unspecified atom stereocenters. The zero-order chi connectivity index (χ0) is 15.2. The Labute approximate surface area is 154 Å². The van der Waals surface area contributed by atoms with Crippen molar-refractivity contribution in [2.75, 3.05) is 49.4 Å². The van der Waals surface area contributed by atoms with Crippen LogP contribution >= 0.6 is 0 Å². The van der Waals surface area contributed by atoms with Crippen molar-refractivity contribution in [1.82, 2.24) is 0 Å². The van der Waals surface area contributed by atoms with Crippen molar-refractivity contribution in [3.8, 4) is 0 Å². The van der Waals surface area contributed by atoms with E-state index in [1.807, 2.05) is 0 Å². The standard InChI is InChI=1S/2C4H10OS2.2Mo.3O/c2*6-3-1-5-2-4-7;;;;;/h2*6-7H,1-4H2;;;;;/p-4. The molecule has 118 valence electrons. The second-order valence-electron chi connectivity index (χ2n) is 2.25. The van der Waals surface area contributed by atoms with Crippen molar-refractivity contribution in [2.45, 2.75) is 0 Å². The van der Waals surface area contributed by atoms with E-state index in [4.69, 9.17) is 9.47 Å². The van der Waals surface area contributed by atoms with Crippen LogP contribution in [-0.2, 0) is 107 Å². The van der Waals surface area contributed by atoms with Gasteiger partial charge in [-0.05, 0) is 0 Å². The number of ether oxygens (including phenoxy) is 2. The summed E-state index contributed by atoms with van der Waals surface area (Å²) in [7, 11) is 0. The Hall–Kier alpha value is 2.26. The van der Waals surface area contributed by atoms with Gasteiger partial charge in [-0.15, -0.1) is 0 Å². The Morgan fingerprint density at radius 1 is 0.632 bits per heavy atom. The first-order valence-electron chi connectivity index (χ1n) is 4.98. The van der Waals surface area contributed by atoms with Gasteiger partial charge in [0.25, 0.3) is 0 Å². The molecule has 0 amide bonds. The predicted molar refractivity (Wildman–Crippen MR) is 73.0 cm³/mol. The third-order valence-electron chi connectivity index (χ3n) is 0.966. The predicted octanol–water partition coefficient (Wildman–Crippen LogP) is -0.117. The largest absolute Gasteiger partial charge is 0.790 e. The summed E-state index contributed by atoms with van der Waals surface area (Å²) in [5.74, 6) is 2.70. The van der Waals surface area contributed by atoms with Gasteiger partial charge in [0, 0.05) is 26.4 Å². The second kappa shape index (κ2) is 32.3. The molecule has 19 heavy (non-hydrogen) atoms. The summed E-state index contributed by atoms with van der Waals surface area (Å²) in [6.45, 7) is 2.69. The molecule has 0 rings (SSSR count). The Morgan fingerprint density at radius 2 is 0.895 bits per heavy atom. The molecule has 0 heterocycles. The number of rotatable bonds is 10. The van der Waals surface area contributed by atoms with E-state index in [0.29, 0.717) is 49.4 Å². The molecule has 5 nitrogen and oxygen atoms in total. The first-order chi connectivity index (χ1) is 9.24. The van der Waals surface area contributed by atoms with Gasteiger partial charge in [-0.2, -0.15) is 23.0 Å². The van der Waals surface area contributed by atoms with Gasteiger partial charge in [0.2, 0.25) is 0 Å². The van der Waals surface area contributed by atoms with Crippen LogP contribution in [0.1, 0.15) is 0 Å². The maximum absolute atomic E-state index is 9.27. The van der Waals surface area contributed by atoms with Crippen molar-refractivity contribution < 1.29 is 56.1 Å². The molecule has 0 aliphatic carbocycles. The molecular weight excluding hydrogens is 496 g/mol. The minimum Gasteiger partial charge on any atom is -0.790 e. The van der Waals surface area contributed by atoms with Crippen LogP contribution in [0.4, 0.5) is 0 Å². The maximum Gasteiger partial charge on any atom is 0.0247 e. The molecule has 0 spiro atoms. The molecule has 0 N–H and O–H groups in total. The van der Waals surface area contributed by atoms with E-state index < -0.39 is 37.8 Å². The van der Waals surface area contributed by atoms with E-state index >= 15 is 0 Å². The second-order valence-corrected chi connectivity index (χ2v) is 6.86. The van der Waals surface area contributed by atoms with E-state index in [0.717, 1.165) is 0 Å². The van der Waals surface area contributed by atoms with E-state index in [-0.39, 0.29) is 0 Å². The molecule has 0 saturated heterocycles. The van der Waals surface area contributed by atoms with Gasteiger partial charge >= 0.3 is 46.7 Å². The zero-order valence-corrected chi connectivity index (χ0v) is 17.4. The first kappa shape index (κ1) is 26.2. The molecule has 0 aliphatic heterocycles. The molecule has 11 heteroatoms. The minimum absolute atomic E-state index is 0.673. The van der Waals surface area contributed by atoms with Crippen molar-refractivity contribution in [2.24, 2.45) is 0 Å². The Morgan fingerprint density at radius 3 is 1.00 bits per heavy atom. The van der Waals surface area contributed by atoms with Crippen LogP contribution < -0.4 is 0 Å². The molecule has 0 atom stereocenters. The van der Waals surface area contributed by atoms with Crippen molar-refractivity contribution in [3.63, 3.8) is 0 Å². The summed E-state index contributed by atoms with van der Waals surface area (Å²) in [5, 5.41) is 0. The van der Waals surface area contributed by atoms with Gasteiger partial charge < -0.3 is 60.0 Å². The number of hydrogen-bond donors (Lipinski definition) is 0. The van der Waals surface area contributed by atoms with Gasteiger partial charge in [-0.25, -0.2) is 0 Å². The Bertz CT molecular complexity index is 146. The summed E-state index contributed by atoms with van der Waals surface area (Å²) in [6.07, 6.45) is 0. The van der Waals surface area contributed by atoms with Gasteiger partial charge in [-0.3, -0.25) is 0 Å². The third-order valence-corrected chi connectivity index (χ3v) is 3.52. The van der Waals surface area contributed by atoms with Crippen molar-refractivity contribution in [3.05, 3.63) is 0 Å². The molecule has 0 fully saturated rings.